The first-order valence-electron chi connectivity index (χ1n) is 5.48. The third-order valence-corrected chi connectivity index (χ3v) is 2.65. The second-order valence-electron chi connectivity index (χ2n) is 3.98. The summed E-state index contributed by atoms with van der Waals surface area (Å²) in [5.41, 5.74) is 0.393. The summed E-state index contributed by atoms with van der Waals surface area (Å²) in [6.07, 6.45) is -4.73. The minimum Gasteiger partial charge on any atom is -0.508 e. The average molecular weight is 299 g/mol. The molecule has 1 aromatic rings. The Hall–Kier alpha value is -1.18. The predicted molar refractivity (Wildman–Crippen MR) is 65.7 cm³/mol. The van der Waals surface area contributed by atoms with Gasteiger partial charge in [0.15, 0.2) is 0 Å². The highest BCUT2D eigenvalue weighted by molar-refractivity contribution is 5.85. The molecule has 0 amide bonds. The van der Waals surface area contributed by atoms with Crippen LogP contribution in [0.1, 0.15) is 11.6 Å². The minimum atomic E-state index is -4.73. The number of alkyl halides is 3. The van der Waals surface area contributed by atoms with Gasteiger partial charge in [0.25, 0.3) is 0 Å². The molecule has 1 fully saturated rings. The van der Waals surface area contributed by atoms with E-state index < -0.39 is 6.36 Å². The van der Waals surface area contributed by atoms with E-state index in [1.807, 2.05) is 0 Å². The Bertz CT molecular complexity index is 423. The summed E-state index contributed by atoms with van der Waals surface area (Å²) in [7, 11) is 0. The molecule has 1 heterocycles. The number of rotatable bonds is 2. The van der Waals surface area contributed by atoms with Crippen molar-refractivity contribution in [2.24, 2.45) is 0 Å². The van der Waals surface area contributed by atoms with Crippen molar-refractivity contribution in [2.45, 2.75) is 12.4 Å². The van der Waals surface area contributed by atoms with Crippen LogP contribution in [0.15, 0.2) is 18.2 Å². The summed E-state index contributed by atoms with van der Waals surface area (Å²) in [6.45, 7) is 2.02. The number of aromatic hydroxyl groups is 1. The Kier molecular flexibility index (Phi) is 5.28. The number of phenols is 1. The SMILES string of the molecule is Cl.Oc1ccc(OC(F)(F)F)cc1[C@H]1CNCCN1. The summed E-state index contributed by atoms with van der Waals surface area (Å²) in [6, 6.07) is 3.26. The van der Waals surface area contributed by atoms with Crippen molar-refractivity contribution in [3.05, 3.63) is 23.8 Å². The molecule has 1 aliphatic rings. The van der Waals surface area contributed by atoms with Gasteiger partial charge in [-0.15, -0.1) is 25.6 Å². The number of ether oxygens (including phenoxy) is 1. The Labute approximate surface area is 114 Å². The van der Waals surface area contributed by atoms with Gasteiger partial charge in [-0.25, -0.2) is 0 Å². The lowest BCUT2D eigenvalue weighted by atomic mass is 10.0. The minimum absolute atomic E-state index is 0. The van der Waals surface area contributed by atoms with Gasteiger partial charge in [-0.05, 0) is 18.2 Å². The normalized spacial score (nSPS) is 19.6. The first-order chi connectivity index (χ1) is 8.46. The highest BCUT2D eigenvalue weighted by Crippen LogP contribution is 2.31. The molecule has 1 aliphatic heterocycles. The van der Waals surface area contributed by atoms with Gasteiger partial charge < -0.3 is 20.5 Å². The molecule has 8 heteroatoms. The zero-order chi connectivity index (χ0) is 13.2. The van der Waals surface area contributed by atoms with Crippen molar-refractivity contribution < 1.29 is 23.0 Å². The third-order valence-electron chi connectivity index (χ3n) is 2.65. The second-order valence-corrected chi connectivity index (χ2v) is 3.98. The van der Waals surface area contributed by atoms with E-state index in [-0.39, 0.29) is 29.9 Å². The summed E-state index contributed by atoms with van der Waals surface area (Å²) < 4.78 is 40.1. The van der Waals surface area contributed by atoms with Gasteiger partial charge in [-0.2, -0.15) is 0 Å². The molecule has 0 aliphatic carbocycles. The number of hydrogen-bond donors (Lipinski definition) is 3. The predicted octanol–water partition coefficient (Wildman–Crippen LogP) is 1.95. The van der Waals surface area contributed by atoms with Crippen molar-refractivity contribution in [1.82, 2.24) is 10.6 Å². The van der Waals surface area contributed by atoms with Crippen LogP contribution in [0.4, 0.5) is 13.2 Å². The zero-order valence-corrected chi connectivity index (χ0v) is 10.6. The Morgan fingerprint density at radius 1 is 1.26 bits per heavy atom. The Balaban J connectivity index is 0.00000180. The second kappa shape index (κ2) is 6.31. The molecule has 1 atom stereocenters. The highest BCUT2D eigenvalue weighted by atomic mass is 35.5. The van der Waals surface area contributed by atoms with E-state index in [1.165, 1.54) is 12.1 Å². The molecule has 0 saturated carbocycles. The standard InChI is InChI=1S/C11H13F3N2O2.ClH/c12-11(13,14)18-7-1-2-10(17)8(5-7)9-6-15-3-4-16-9;/h1-2,5,9,15-17H,3-4,6H2;1H/t9-;/m1./s1. The van der Waals surface area contributed by atoms with E-state index in [0.717, 1.165) is 12.6 Å². The summed E-state index contributed by atoms with van der Waals surface area (Å²) in [5.74, 6) is -0.381. The molecule has 0 bridgehead atoms. The Morgan fingerprint density at radius 3 is 2.58 bits per heavy atom. The van der Waals surface area contributed by atoms with Crippen molar-refractivity contribution in [3.8, 4) is 11.5 Å². The van der Waals surface area contributed by atoms with Crippen LogP contribution in [-0.4, -0.2) is 31.1 Å². The zero-order valence-electron chi connectivity index (χ0n) is 9.83. The molecule has 0 spiro atoms. The van der Waals surface area contributed by atoms with Crippen LogP contribution in [0.5, 0.6) is 11.5 Å². The van der Waals surface area contributed by atoms with E-state index in [2.05, 4.69) is 15.4 Å². The maximum Gasteiger partial charge on any atom is 0.573 e. The number of phenolic OH excluding ortho intramolecular Hbond substituents is 1. The van der Waals surface area contributed by atoms with Crippen LogP contribution in [0.2, 0.25) is 0 Å². The lowest BCUT2D eigenvalue weighted by Gasteiger charge is -2.25. The first kappa shape index (κ1) is 15.9. The molecule has 19 heavy (non-hydrogen) atoms. The molecule has 0 unspecified atom stereocenters. The van der Waals surface area contributed by atoms with Gasteiger partial charge in [0.2, 0.25) is 0 Å². The molecule has 1 aromatic carbocycles. The quantitative estimate of drug-likeness (QED) is 0.781. The lowest BCUT2D eigenvalue weighted by Crippen LogP contribution is -2.42. The molecule has 1 saturated heterocycles. The van der Waals surface area contributed by atoms with Crippen LogP contribution in [-0.2, 0) is 0 Å². The van der Waals surface area contributed by atoms with Crippen molar-refractivity contribution >= 4 is 12.4 Å². The number of benzene rings is 1. The number of halogens is 4. The van der Waals surface area contributed by atoms with Crippen LogP contribution >= 0.6 is 12.4 Å². The van der Waals surface area contributed by atoms with E-state index >= 15 is 0 Å². The maximum absolute atomic E-state index is 12.1. The number of nitrogens with one attached hydrogen (secondary N) is 2. The fourth-order valence-electron chi connectivity index (χ4n) is 1.88. The van der Waals surface area contributed by atoms with Crippen molar-refractivity contribution in [1.29, 1.82) is 0 Å². The van der Waals surface area contributed by atoms with Gasteiger partial charge in [0.05, 0.1) is 0 Å². The summed E-state index contributed by atoms with van der Waals surface area (Å²) in [5, 5.41) is 15.9. The fraction of sp³-hybridized carbons (Fsp3) is 0.455. The summed E-state index contributed by atoms with van der Waals surface area (Å²) in [4.78, 5) is 0. The van der Waals surface area contributed by atoms with Crippen molar-refractivity contribution in [3.63, 3.8) is 0 Å². The molecule has 108 valence electrons. The van der Waals surface area contributed by atoms with Crippen LogP contribution < -0.4 is 15.4 Å². The molecule has 0 radical (unpaired) electrons. The monoisotopic (exact) mass is 298 g/mol. The van der Waals surface area contributed by atoms with Crippen LogP contribution in [0.25, 0.3) is 0 Å². The van der Waals surface area contributed by atoms with Crippen molar-refractivity contribution in [2.75, 3.05) is 19.6 Å². The van der Waals surface area contributed by atoms with Gasteiger partial charge in [0.1, 0.15) is 11.5 Å². The van der Waals surface area contributed by atoms with Gasteiger partial charge in [0, 0.05) is 31.2 Å². The number of piperazine rings is 1. The smallest absolute Gasteiger partial charge is 0.508 e. The van der Waals surface area contributed by atoms with Crippen LogP contribution in [0, 0.1) is 0 Å². The Morgan fingerprint density at radius 2 is 2.00 bits per heavy atom. The summed E-state index contributed by atoms with van der Waals surface area (Å²) >= 11 is 0. The topological polar surface area (TPSA) is 53.5 Å². The third kappa shape index (κ3) is 4.45. The molecule has 2 rings (SSSR count). The lowest BCUT2D eigenvalue weighted by molar-refractivity contribution is -0.274. The highest BCUT2D eigenvalue weighted by Gasteiger charge is 2.31. The average Bonchev–Trinajstić information content (AvgIpc) is 2.31. The molecular weight excluding hydrogens is 285 g/mol. The fourth-order valence-corrected chi connectivity index (χ4v) is 1.88. The van der Waals surface area contributed by atoms with Gasteiger partial charge in [-0.3, -0.25) is 0 Å². The molecule has 3 N–H and O–H groups in total. The first-order valence-corrected chi connectivity index (χ1v) is 5.48. The maximum atomic E-state index is 12.1. The van der Waals surface area contributed by atoms with Crippen LogP contribution in [0.3, 0.4) is 0 Å². The van der Waals surface area contributed by atoms with E-state index in [9.17, 15) is 18.3 Å². The molecular formula is C11H14ClF3N2O2. The number of hydrogen-bond acceptors (Lipinski definition) is 4. The van der Waals surface area contributed by atoms with E-state index in [1.54, 1.807) is 0 Å². The van der Waals surface area contributed by atoms with Gasteiger partial charge in [-0.1, -0.05) is 0 Å². The largest absolute Gasteiger partial charge is 0.573 e. The van der Waals surface area contributed by atoms with Gasteiger partial charge >= 0.3 is 6.36 Å². The van der Waals surface area contributed by atoms with E-state index in [4.69, 9.17) is 0 Å². The van der Waals surface area contributed by atoms with E-state index in [0.29, 0.717) is 18.7 Å². The molecule has 4 nitrogen and oxygen atoms in total. The molecule has 0 aromatic heterocycles.